The summed E-state index contributed by atoms with van der Waals surface area (Å²) >= 11 is 0. The highest BCUT2D eigenvalue weighted by Crippen LogP contribution is 2.21. The zero-order valence-corrected chi connectivity index (χ0v) is 8.12. The van der Waals surface area contributed by atoms with E-state index in [1.807, 2.05) is 19.9 Å². The Labute approximate surface area is 78.9 Å². The molecule has 0 saturated heterocycles. The fourth-order valence-electron chi connectivity index (χ4n) is 1.30. The van der Waals surface area contributed by atoms with E-state index >= 15 is 0 Å². The van der Waals surface area contributed by atoms with Gasteiger partial charge >= 0.3 is 0 Å². The first-order valence-electron chi connectivity index (χ1n) is 4.34. The lowest BCUT2D eigenvalue weighted by atomic mass is 10.0. The van der Waals surface area contributed by atoms with Crippen LogP contribution in [-0.4, -0.2) is 10.1 Å². The molecule has 1 atom stereocenters. The molecule has 0 spiro atoms. The molecule has 0 fully saturated rings. The van der Waals surface area contributed by atoms with E-state index in [1.54, 1.807) is 12.4 Å². The summed E-state index contributed by atoms with van der Waals surface area (Å²) < 4.78 is 0. The topological polar surface area (TPSA) is 33.1 Å². The Hall–Kier alpha value is -1.15. The number of aliphatic hydroxyl groups excluding tert-OH is 1. The van der Waals surface area contributed by atoms with Crippen LogP contribution < -0.4 is 0 Å². The molecular formula is C11H15NO. The molecule has 0 amide bonds. The van der Waals surface area contributed by atoms with Gasteiger partial charge in [-0.2, -0.15) is 0 Å². The predicted octanol–water partition coefficient (Wildman–Crippen LogP) is 2.39. The van der Waals surface area contributed by atoms with Crippen molar-refractivity contribution in [3.8, 4) is 0 Å². The van der Waals surface area contributed by atoms with Crippen molar-refractivity contribution in [1.82, 2.24) is 4.98 Å². The molecule has 1 aromatic heterocycles. The SMILES string of the molecule is C=C(C)CC(O)c1ccncc1C. The average Bonchev–Trinajstić information content (AvgIpc) is 2.03. The maximum absolute atomic E-state index is 9.78. The van der Waals surface area contributed by atoms with Crippen LogP contribution in [-0.2, 0) is 0 Å². The van der Waals surface area contributed by atoms with Crippen LogP contribution in [0.3, 0.4) is 0 Å². The number of aryl methyl sites for hydroxylation is 1. The van der Waals surface area contributed by atoms with Crippen LogP contribution in [0.15, 0.2) is 30.6 Å². The highest BCUT2D eigenvalue weighted by Gasteiger charge is 2.09. The molecule has 1 unspecified atom stereocenters. The summed E-state index contributed by atoms with van der Waals surface area (Å²) in [5.74, 6) is 0. The van der Waals surface area contributed by atoms with Gasteiger partial charge in [0.1, 0.15) is 0 Å². The number of hydrogen-bond donors (Lipinski definition) is 1. The Bertz CT molecular complexity index is 307. The van der Waals surface area contributed by atoms with Crippen LogP contribution in [0.2, 0.25) is 0 Å². The van der Waals surface area contributed by atoms with Gasteiger partial charge in [0.2, 0.25) is 0 Å². The first-order chi connectivity index (χ1) is 6.11. The fourth-order valence-corrected chi connectivity index (χ4v) is 1.30. The van der Waals surface area contributed by atoms with E-state index in [2.05, 4.69) is 11.6 Å². The Morgan fingerprint density at radius 1 is 1.69 bits per heavy atom. The van der Waals surface area contributed by atoms with Gasteiger partial charge in [0.05, 0.1) is 6.10 Å². The molecule has 0 aromatic carbocycles. The Morgan fingerprint density at radius 2 is 2.38 bits per heavy atom. The van der Waals surface area contributed by atoms with Crippen molar-refractivity contribution < 1.29 is 5.11 Å². The molecule has 1 heterocycles. The van der Waals surface area contributed by atoms with E-state index in [4.69, 9.17) is 0 Å². The number of aromatic nitrogens is 1. The quantitative estimate of drug-likeness (QED) is 0.719. The molecule has 0 aliphatic carbocycles. The number of aliphatic hydroxyl groups is 1. The van der Waals surface area contributed by atoms with Crippen molar-refractivity contribution >= 4 is 0 Å². The lowest BCUT2D eigenvalue weighted by Crippen LogP contribution is -2.00. The minimum atomic E-state index is -0.444. The van der Waals surface area contributed by atoms with E-state index in [1.165, 1.54) is 0 Å². The maximum Gasteiger partial charge on any atom is 0.0830 e. The van der Waals surface area contributed by atoms with Crippen molar-refractivity contribution in [3.63, 3.8) is 0 Å². The zero-order chi connectivity index (χ0) is 9.84. The van der Waals surface area contributed by atoms with Gasteiger partial charge in [-0.3, -0.25) is 4.98 Å². The minimum absolute atomic E-state index is 0.444. The molecule has 13 heavy (non-hydrogen) atoms. The van der Waals surface area contributed by atoms with Gasteiger partial charge in [0.25, 0.3) is 0 Å². The number of rotatable bonds is 3. The number of pyridine rings is 1. The second-order valence-corrected chi connectivity index (χ2v) is 3.41. The van der Waals surface area contributed by atoms with E-state index in [9.17, 15) is 5.11 Å². The second kappa shape index (κ2) is 4.19. The molecule has 70 valence electrons. The van der Waals surface area contributed by atoms with Gasteiger partial charge in [-0.05, 0) is 37.5 Å². The molecule has 1 rings (SSSR count). The van der Waals surface area contributed by atoms with Gasteiger partial charge in [-0.15, -0.1) is 6.58 Å². The maximum atomic E-state index is 9.78. The largest absolute Gasteiger partial charge is 0.388 e. The summed E-state index contributed by atoms with van der Waals surface area (Å²) in [4.78, 5) is 3.97. The predicted molar refractivity (Wildman–Crippen MR) is 53.4 cm³/mol. The molecule has 1 aromatic rings. The van der Waals surface area contributed by atoms with E-state index < -0.39 is 6.10 Å². The summed E-state index contributed by atoms with van der Waals surface area (Å²) in [5, 5.41) is 9.78. The third-order valence-corrected chi connectivity index (χ3v) is 1.96. The van der Waals surface area contributed by atoms with Crippen LogP contribution >= 0.6 is 0 Å². The number of hydrogen-bond acceptors (Lipinski definition) is 2. The first kappa shape index (κ1) is 9.93. The van der Waals surface area contributed by atoms with Crippen LogP contribution in [0.1, 0.15) is 30.6 Å². The van der Waals surface area contributed by atoms with Gasteiger partial charge in [-0.25, -0.2) is 0 Å². The van der Waals surface area contributed by atoms with Crippen LogP contribution in [0, 0.1) is 6.92 Å². The minimum Gasteiger partial charge on any atom is -0.388 e. The van der Waals surface area contributed by atoms with Crippen LogP contribution in [0.4, 0.5) is 0 Å². The Morgan fingerprint density at radius 3 is 2.92 bits per heavy atom. The molecule has 0 saturated carbocycles. The lowest BCUT2D eigenvalue weighted by molar-refractivity contribution is 0.177. The lowest BCUT2D eigenvalue weighted by Gasteiger charge is -2.12. The summed E-state index contributed by atoms with van der Waals surface area (Å²) in [6, 6.07) is 1.85. The van der Waals surface area contributed by atoms with Gasteiger partial charge in [0.15, 0.2) is 0 Å². The summed E-state index contributed by atoms with van der Waals surface area (Å²) in [6.45, 7) is 7.64. The average molecular weight is 177 g/mol. The summed E-state index contributed by atoms with van der Waals surface area (Å²) in [6.07, 6.45) is 3.63. The van der Waals surface area contributed by atoms with Crippen molar-refractivity contribution in [2.75, 3.05) is 0 Å². The zero-order valence-electron chi connectivity index (χ0n) is 8.12. The Kier molecular flexibility index (Phi) is 3.20. The van der Waals surface area contributed by atoms with E-state index in [0.717, 1.165) is 16.7 Å². The third-order valence-electron chi connectivity index (χ3n) is 1.96. The Balaban J connectivity index is 2.82. The summed E-state index contributed by atoms with van der Waals surface area (Å²) in [7, 11) is 0. The smallest absolute Gasteiger partial charge is 0.0830 e. The van der Waals surface area contributed by atoms with Crippen LogP contribution in [0.25, 0.3) is 0 Å². The van der Waals surface area contributed by atoms with Crippen molar-refractivity contribution in [2.24, 2.45) is 0 Å². The molecule has 2 nitrogen and oxygen atoms in total. The van der Waals surface area contributed by atoms with Gasteiger partial charge in [0, 0.05) is 12.4 Å². The third kappa shape index (κ3) is 2.67. The van der Waals surface area contributed by atoms with Crippen molar-refractivity contribution in [2.45, 2.75) is 26.4 Å². The highest BCUT2D eigenvalue weighted by molar-refractivity contribution is 5.24. The second-order valence-electron chi connectivity index (χ2n) is 3.41. The molecule has 2 heteroatoms. The monoisotopic (exact) mass is 177 g/mol. The van der Waals surface area contributed by atoms with Gasteiger partial charge in [-0.1, -0.05) is 5.57 Å². The molecule has 0 bridgehead atoms. The van der Waals surface area contributed by atoms with Crippen molar-refractivity contribution in [3.05, 3.63) is 41.7 Å². The number of nitrogens with zero attached hydrogens (tertiary/aromatic N) is 1. The highest BCUT2D eigenvalue weighted by atomic mass is 16.3. The first-order valence-corrected chi connectivity index (χ1v) is 4.34. The van der Waals surface area contributed by atoms with Crippen LogP contribution in [0.5, 0.6) is 0 Å². The van der Waals surface area contributed by atoms with Crippen molar-refractivity contribution in [1.29, 1.82) is 0 Å². The van der Waals surface area contributed by atoms with E-state index in [-0.39, 0.29) is 0 Å². The molecular weight excluding hydrogens is 162 g/mol. The van der Waals surface area contributed by atoms with E-state index in [0.29, 0.717) is 6.42 Å². The molecule has 0 radical (unpaired) electrons. The molecule has 0 aliphatic rings. The fraction of sp³-hybridized carbons (Fsp3) is 0.364. The van der Waals surface area contributed by atoms with Gasteiger partial charge < -0.3 is 5.11 Å². The molecule has 0 aliphatic heterocycles. The molecule has 1 N–H and O–H groups in total. The standard InChI is InChI=1S/C11H15NO/c1-8(2)6-11(13)10-4-5-12-7-9(10)3/h4-5,7,11,13H,1,6H2,2-3H3. The summed E-state index contributed by atoms with van der Waals surface area (Å²) in [5.41, 5.74) is 2.96. The normalized spacial score (nSPS) is 12.5.